The molecule has 2 amide bonds. The van der Waals surface area contributed by atoms with Crippen molar-refractivity contribution in [2.45, 2.75) is 25.4 Å². The van der Waals surface area contributed by atoms with Crippen LogP contribution in [0.3, 0.4) is 0 Å². The standard InChI is InChI=1S/C20H17Cl2F3N2O4/c21-15-8-7-14(10-16(15)22)26-17(28)5-2-6-19(30)31-11-18(29)27-13-4-1-3-12(9-13)20(23,24)25/h1,3-4,7-10H,2,5-6,11H2,(H,26,28)(H,27,29). The van der Waals surface area contributed by atoms with Crippen LogP contribution in [0.5, 0.6) is 0 Å². The second-order valence-corrected chi connectivity index (χ2v) is 7.13. The van der Waals surface area contributed by atoms with Crippen molar-refractivity contribution in [3.63, 3.8) is 0 Å². The number of halogens is 5. The lowest BCUT2D eigenvalue weighted by Gasteiger charge is -2.10. The number of hydrogen-bond donors (Lipinski definition) is 2. The quantitative estimate of drug-likeness (QED) is 0.506. The predicted molar refractivity (Wildman–Crippen MR) is 110 cm³/mol. The van der Waals surface area contributed by atoms with Crippen LogP contribution in [0.1, 0.15) is 24.8 Å². The van der Waals surface area contributed by atoms with Gasteiger partial charge in [-0.15, -0.1) is 0 Å². The van der Waals surface area contributed by atoms with E-state index in [1.54, 1.807) is 6.07 Å². The fourth-order valence-electron chi connectivity index (χ4n) is 2.38. The number of esters is 1. The average molecular weight is 477 g/mol. The van der Waals surface area contributed by atoms with E-state index in [0.29, 0.717) is 10.7 Å². The maximum Gasteiger partial charge on any atom is 0.416 e. The topological polar surface area (TPSA) is 84.5 Å². The van der Waals surface area contributed by atoms with Gasteiger partial charge in [-0.05, 0) is 42.8 Å². The normalized spacial score (nSPS) is 11.0. The van der Waals surface area contributed by atoms with Crippen molar-refractivity contribution < 1.29 is 32.3 Å². The van der Waals surface area contributed by atoms with E-state index in [0.717, 1.165) is 18.2 Å². The molecule has 31 heavy (non-hydrogen) atoms. The van der Waals surface area contributed by atoms with Gasteiger partial charge in [0.1, 0.15) is 0 Å². The maximum atomic E-state index is 12.7. The summed E-state index contributed by atoms with van der Waals surface area (Å²) in [5.41, 5.74) is -0.537. The van der Waals surface area contributed by atoms with E-state index in [2.05, 4.69) is 10.6 Å². The molecular weight excluding hydrogens is 460 g/mol. The number of anilines is 2. The number of carbonyl (C=O) groups is 3. The first-order chi connectivity index (χ1) is 14.5. The zero-order valence-corrected chi connectivity index (χ0v) is 17.4. The molecular formula is C20H17Cl2F3N2O4. The molecule has 0 saturated carbocycles. The lowest BCUT2D eigenvalue weighted by molar-refractivity contribution is -0.147. The number of nitrogens with one attached hydrogen (secondary N) is 2. The van der Waals surface area contributed by atoms with Gasteiger partial charge in [0.15, 0.2) is 6.61 Å². The molecule has 0 unspecified atom stereocenters. The Morgan fingerprint density at radius 1 is 0.871 bits per heavy atom. The van der Waals surface area contributed by atoms with Crippen molar-refractivity contribution in [1.82, 2.24) is 0 Å². The van der Waals surface area contributed by atoms with Gasteiger partial charge in [-0.25, -0.2) is 0 Å². The molecule has 0 aliphatic carbocycles. The third kappa shape index (κ3) is 8.47. The molecule has 6 nitrogen and oxygen atoms in total. The van der Waals surface area contributed by atoms with Crippen LogP contribution in [0.15, 0.2) is 42.5 Å². The minimum atomic E-state index is -4.54. The van der Waals surface area contributed by atoms with E-state index >= 15 is 0 Å². The molecule has 0 spiro atoms. The molecule has 0 radical (unpaired) electrons. The second-order valence-electron chi connectivity index (χ2n) is 6.32. The molecule has 0 bridgehead atoms. The molecule has 0 fully saturated rings. The van der Waals surface area contributed by atoms with Crippen molar-refractivity contribution in [1.29, 1.82) is 0 Å². The highest BCUT2D eigenvalue weighted by Gasteiger charge is 2.30. The molecule has 0 heterocycles. The molecule has 0 saturated heterocycles. The Morgan fingerprint density at radius 2 is 1.55 bits per heavy atom. The summed E-state index contributed by atoms with van der Waals surface area (Å²) in [7, 11) is 0. The summed E-state index contributed by atoms with van der Waals surface area (Å²) in [5, 5.41) is 5.45. The van der Waals surface area contributed by atoms with E-state index in [1.165, 1.54) is 18.2 Å². The molecule has 0 atom stereocenters. The lowest BCUT2D eigenvalue weighted by atomic mass is 10.2. The van der Waals surface area contributed by atoms with Gasteiger partial charge >= 0.3 is 12.1 Å². The van der Waals surface area contributed by atoms with Crippen molar-refractivity contribution in [2.75, 3.05) is 17.2 Å². The van der Waals surface area contributed by atoms with E-state index < -0.39 is 30.2 Å². The van der Waals surface area contributed by atoms with E-state index in [4.69, 9.17) is 27.9 Å². The van der Waals surface area contributed by atoms with Crippen LogP contribution in [0.4, 0.5) is 24.5 Å². The smallest absolute Gasteiger partial charge is 0.416 e. The van der Waals surface area contributed by atoms with Crippen LogP contribution in [0, 0.1) is 0 Å². The number of benzene rings is 2. The molecule has 0 aliphatic heterocycles. The Bertz CT molecular complexity index is 968. The van der Waals surface area contributed by atoms with Gasteiger partial charge in [-0.3, -0.25) is 14.4 Å². The van der Waals surface area contributed by atoms with Crippen LogP contribution in [-0.2, 0) is 25.3 Å². The molecule has 2 N–H and O–H groups in total. The maximum absolute atomic E-state index is 12.7. The number of carbonyl (C=O) groups excluding carboxylic acids is 3. The van der Waals surface area contributed by atoms with Crippen LogP contribution < -0.4 is 10.6 Å². The minimum absolute atomic E-state index is 0.0196. The number of alkyl halides is 3. The molecule has 2 rings (SSSR count). The molecule has 2 aromatic rings. The second kappa shape index (κ2) is 11.0. The van der Waals surface area contributed by atoms with Crippen LogP contribution in [0.2, 0.25) is 10.0 Å². The first kappa shape index (κ1) is 24.5. The van der Waals surface area contributed by atoms with Crippen molar-refractivity contribution in [3.8, 4) is 0 Å². The Kier molecular flexibility index (Phi) is 8.70. The minimum Gasteiger partial charge on any atom is -0.456 e. The predicted octanol–water partition coefficient (Wildman–Crippen LogP) is 5.30. The number of amides is 2. The summed E-state index contributed by atoms with van der Waals surface area (Å²) >= 11 is 11.6. The van der Waals surface area contributed by atoms with Crippen LogP contribution in [-0.4, -0.2) is 24.4 Å². The first-order valence-corrected chi connectivity index (χ1v) is 9.68. The van der Waals surface area contributed by atoms with Crippen LogP contribution in [0.25, 0.3) is 0 Å². The van der Waals surface area contributed by atoms with Crippen molar-refractivity contribution in [3.05, 3.63) is 58.1 Å². The fraction of sp³-hybridized carbons (Fsp3) is 0.250. The average Bonchev–Trinajstić information content (AvgIpc) is 2.69. The summed E-state index contributed by atoms with van der Waals surface area (Å²) in [6, 6.07) is 8.65. The third-order valence-corrected chi connectivity index (χ3v) is 4.57. The van der Waals surface area contributed by atoms with Gasteiger partial charge in [0, 0.05) is 24.2 Å². The first-order valence-electron chi connectivity index (χ1n) is 8.92. The largest absolute Gasteiger partial charge is 0.456 e. The van der Waals surface area contributed by atoms with Gasteiger partial charge in [0.2, 0.25) is 5.91 Å². The zero-order chi connectivity index (χ0) is 23.0. The molecule has 11 heteroatoms. The molecule has 0 aromatic heterocycles. The summed E-state index contributed by atoms with van der Waals surface area (Å²) in [6.07, 6.45) is -4.47. The Morgan fingerprint density at radius 3 is 2.23 bits per heavy atom. The van der Waals surface area contributed by atoms with E-state index in [9.17, 15) is 27.6 Å². The summed E-state index contributed by atoms with van der Waals surface area (Å²) in [4.78, 5) is 35.3. The molecule has 166 valence electrons. The fourth-order valence-corrected chi connectivity index (χ4v) is 2.68. The van der Waals surface area contributed by atoms with Crippen molar-refractivity contribution in [2.24, 2.45) is 0 Å². The van der Waals surface area contributed by atoms with Crippen molar-refractivity contribution >= 4 is 52.4 Å². The van der Waals surface area contributed by atoms with Gasteiger partial charge < -0.3 is 15.4 Å². The number of ether oxygens (including phenoxy) is 1. The number of hydrogen-bond acceptors (Lipinski definition) is 4. The van der Waals surface area contributed by atoms with E-state index in [-0.39, 0.29) is 35.9 Å². The Balaban J connectivity index is 1.69. The number of rotatable bonds is 8. The third-order valence-electron chi connectivity index (χ3n) is 3.83. The highest BCUT2D eigenvalue weighted by atomic mass is 35.5. The van der Waals surface area contributed by atoms with Crippen LogP contribution >= 0.6 is 23.2 Å². The Hall–Kier alpha value is -2.78. The Labute approximate surface area is 185 Å². The van der Waals surface area contributed by atoms with Gasteiger partial charge in [0.05, 0.1) is 15.6 Å². The van der Waals surface area contributed by atoms with E-state index in [1.807, 2.05) is 0 Å². The summed E-state index contributed by atoms with van der Waals surface area (Å²) in [6.45, 7) is -0.662. The SMILES string of the molecule is O=C(CCCC(=O)OCC(=O)Nc1cccc(C(F)(F)F)c1)Nc1ccc(Cl)c(Cl)c1. The van der Waals surface area contributed by atoms with Gasteiger partial charge in [0.25, 0.3) is 5.91 Å². The summed E-state index contributed by atoms with van der Waals surface area (Å²) in [5.74, 6) is -1.86. The summed E-state index contributed by atoms with van der Waals surface area (Å²) < 4.78 is 42.8. The highest BCUT2D eigenvalue weighted by molar-refractivity contribution is 6.42. The van der Waals surface area contributed by atoms with Gasteiger partial charge in [-0.2, -0.15) is 13.2 Å². The lowest BCUT2D eigenvalue weighted by Crippen LogP contribution is -2.21. The van der Waals surface area contributed by atoms with Gasteiger partial charge in [-0.1, -0.05) is 29.3 Å². The molecule has 0 aliphatic rings. The highest BCUT2D eigenvalue weighted by Crippen LogP contribution is 2.30. The molecule has 2 aromatic carbocycles. The zero-order valence-electron chi connectivity index (χ0n) is 15.9. The monoisotopic (exact) mass is 476 g/mol.